The van der Waals surface area contributed by atoms with Crippen molar-refractivity contribution in [3.63, 3.8) is 0 Å². The van der Waals surface area contributed by atoms with E-state index in [1.807, 2.05) is 11.9 Å². The summed E-state index contributed by atoms with van der Waals surface area (Å²) in [6, 6.07) is 0. The number of hydrogen-bond donors (Lipinski definition) is 1. The first-order chi connectivity index (χ1) is 3.70. The molecular formula is C5H10N2S. The molecule has 1 unspecified atom stereocenters. The molecule has 0 saturated carbocycles. The monoisotopic (exact) mass is 130 g/mol. The Morgan fingerprint density at radius 2 is 2.50 bits per heavy atom. The van der Waals surface area contributed by atoms with Crippen LogP contribution in [0.2, 0.25) is 0 Å². The molecular weight excluding hydrogens is 120 g/mol. The molecule has 1 atom stereocenters. The third-order valence-corrected chi connectivity index (χ3v) is 2.28. The van der Waals surface area contributed by atoms with Crippen molar-refractivity contribution in [2.75, 3.05) is 13.6 Å². The predicted molar refractivity (Wildman–Crippen MR) is 37.4 cm³/mol. The maximum absolute atomic E-state index is 7.27. The molecule has 0 amide bonds. The maximum atomic E-state index is 7.27. The summed E-state index contributed by atoms with van der Waals surface area (Å²) in [5.41, 5.74) is 0. The summed E-state index contributed by atoms with van der Waals surface area (Å²) in [4.78, 5) is 1.97. The van der Waals surface area contributed by atoms with Crippen molar-refractivity contribution < 1.29 is 0 Å². The van der Waals surface area contributed by atoms with E-state index in [4.69, 9.17) is 5.41 Å². The summed E-state index contributed by atoms with van der Waals surface area (Å²) in [5.74, 6) is 0. The van der Waals surface area contributed by atoms with E-state index in [9.17, 15) is 0 Å². The molecule has 1 rings (SSSR count). The van der Waals surface area contributed by atoms with Crippen LogP contribution in [0.5, 0.6) is 0 Å². The van der Waals surface area contributed by atoms with Crippen molar-refractivity contribution >= 4 is 16.9 Å². The molecule has 1 saturated heterocycles. The molecule has 1 aliphatic rings. The molecule has 2 nitrogen and oxygen atoms in total. The van der Waals surface area contributed by atoms with Crippen LogP contribution in [0.1, 0.15) is 6.92 Å². The van der Waals surface area contributed by atoms with Crippen LogP contribution in [0.15, 0.2) is 0 Å². The summed E-state index contributed by atoms with van der Waals surface area (Å²) >= 11 is 1.64. The molecule has 0 spiro atoms. The Morgan fingerprint density at radius 3 is 2.62 bits per heavy atom. The van der Waals surface area contributed by atoms with Gasteiger partial charge < -0.3 is 4.90 Å². The second-order valence-corrected chi connectivity index (χ2v) is 3.54. The van der Waals surface area contributed by atoms with Crippen LogP contribution < -0.4 is 0 Å². The lowest BCUT2D eigenvalue weighted by Gasteiger charge is -2.05. The quantitative estimate of drug-likeness (QED) is 0.529. The molecule has 1 N–H and O–H groups in total. The molecule has 8 heavy (non-hydrogen) atoms. The van der Waals surface area contributed by atoms with Gasteiger partial charge in [0.25, 0.3) is 0 Å². The van der Waals surface area contributed by atoms with E-state index in [0.717, 1.165) is 6.54 Å². The van der Waals surface area contributed by atoms with Gasteiger partial charge in [0.15, 0.2) is 5.17 Å². The third-order valence-electron chi connectivity index (χ3n) is 1.19. The molecule has 0 bridgehead atoms. The molecule has 1 fully saturated rings. The Balaban J connectivity index is 2.51. The van der Waals surface area contributed by atoms with Gasteiger partial charge in [-0.1, -0.05) is 18.7 Å². The highest BCUT2D eigenvalue weighted by atomic mass is 32.2. The van der Waals surface area contributed by atoms with Crippen molar-refractivity contribution in [1.82, 2.24) is 4.90 Å². The number of rotatable bonds is 0. The molecule has 46 valence electrons. The van der Waals surface area contributed by atoms with Crippen molar-refractivity contribution in [1.29, 1.82) is 5.41 Å². The number of thioether (sulfide) groups is 1. The van der Waals surface area contributed by atoms with Gasteiger partial charge in [-0.2, -0.15) is 0 Å². The molecule has 3 heteroatoms. The topological polar surface area (TPSA) is 27.1 Å². The van der Waals surface area contributed by atoms with E-state index in [-0.39, 0.29) is 0 Å². The summed E-state index contributed by atoms with van der Waals surface area (Å²) in [5, 5.41) is 8.60. The summed E-state index contributed by atoms with van der Waals surface area (Å²) in [6.45, 7) is 3.17. The van der Waals surface area contributed by atoms with Gasteiger partial charge in [-0.3, -0.25) is 5.41 Å². The molecule has 0 aliphatic carbocycles. The number of amidine groups is 1. The second kappa shape index (κ2) is 1.97. The highest BCUT2D eigenvalue weighted by molar-refractivity contribution is 8.14. The van der Waals surface area contributed by atoms with Crippen molar-refractivity contribution in [2.24, 2.45) is 0 Å². The van der Waals surface area contributed by atoms with E-state index < -0.39 is 0 Å². The highest BCUT2D eigenvalue weighted by Crippen LogP contribution is 2.21. The van der Waals surface area contributed by atoms with E-state index in [1.54, 1.807) is 11.8 Å². The van der Waals surface area contributed by atoms with Crippen LogP contribution in [0.25, 0.3) is 0 Å². The minimum Gasteiger partial charge on any atom is -0.354 e. The minimum absolute atomic E-state index is 0.618. The lowest BCUT2D eigenvalue weighted by atomic mass is 10.4. The first-order valence-corrected chi connectivity index (χ1v) is 3.54. The van der Waals surface area contributed by atoms with Gasteiger partial charge in [0.2, 0.25) is 0 Å². The fraction of sp³-hybridized carbons (Fsp3) is 0.800. The zero-order valence-electron chi connectivity index (χ0n) is 5.14. The molecule has 0 aromatic carbocycles. The molecule has 1 aliphatic heterocycles. The van der Waals surface area contributed by atoms with Gasteiger partial charge in [-0.25, -0.2) is 0 Å². The van der Waals surface area contributed by atoms with Crippen molar-refractivity contribution in [3.8, 4) is 0 Å². The van der Waals surface area contributed by atoms with E-state index in [2.05, 4.69) is 6.92 Å². The first-order valence-electron chi connectivity index (χ1n) is 2.66. The van der Waals surface area contributed by atoms with Crippen LogP contribution in [-0.2, 0) is 0 Å². The Labute approximate surface area is 53.8 Å². The minimum atomic E-state index is 0.618. The van der Waals surface area contributed by atoms with E-state index in [1.165, 1.54) is 0 Å². The SMILES string of the molecule is CC1CN(C)C(=N)S1. The van der Waals surface area contributed by atoms with Crippen molar-refractivity contribution in [3.05, 3.63) is 0 Å². The zero-order chi connectivity index (χ0) is 6.15. The van der Waals surface area contributed by atoms with Crippen LogP contribution in [0, 0.1) is 5.41 Å². The smallest absolute Gasteiger partial charge is 0.156 e. The summed E-state index contributed by atoms with van der Waals surface area (Å²) in [7, 11) is 1.96. The average molecular weight is 130 g/mol. The Morgan fingerprint density at radius 1 is 1.88 bits per heavy atom. The Bertz CT molecular complexity index is 113. The second-order valence-electron chi connectivity index (χ2n) is 2.11. The lowest BCUT2D eigenvalue weighted by molar-refractivity contribution is 0.530. The normalized spacial score (nSPS) is 29.5. The van der Waals surface area contributed by atoms with Gasteiger partial charge in [0.05, 0.1) is 0 Å². The fourth-order valence-corrected chi connectivity index (χ4v) is 1.72. The fourth-order valence-electron chi connectivity index (χ4n) is 0.786. The largest absolute Gasteiger partial charge is 0.354 e. The number of nitrogens with zero attached hydrogens (tertiary/aromatic N) is 1. The molecule has 1 heterocycles. The van der Waals surface area contributed by atoms with Crippen LogP contribution in [0.4, 0.5) is 0 Å². The lowest BCUT2D eigenvalue weighted by Crippen LogP contribution is -2.18. The molecule has 0 aromatic rings. The van der Waals surface area contributed by atoms with Crippen LogP contribution >= 0.6 is 11.8 Å². The van der Waals surface area contributed by atoms with Gasteiger partial charge in [-0.15, -0.1) is 0 Å². The van der Waals surface area contributed by atoms with Gasteiger partial charge in [0, 0.05) is 18.8 Å². The van der Waals surface area contributed by atoms with Gasteiger partial charge in [0.1, 0.15) is 0 Å². The Kier molecular flexibility index (Phi) is 1.47. The molecule has 0 aromatic heterocycles. The summed E-state index contributed by atoms with van der Waals surface area (Å²) < 4.78 is 0. The third kappa shape index (κ3) is 0.968. The van der Waals surface area contributed by atoms with Gasteiger partial charge >= 0.3 is 0 Å². The van der Waals surface area contributed by atoms with E-state index >= 15 is 0 Å². The van der Waals surface area contributed by atoms with E-state index in [0.29, 0.717) is 10.4 Å². The highest BCUT2D eigenvalue weighted by Gasteiger charge is 2.19. The number of hydrogen-bond acceptors (Lipinski definition) is 2. The standard InChI is InChI=1S/C5H10N2S/c1-4-3-7(2)5(6)8-4/h4,6H,3H2,1-2H3. The molecule has 0 radical (unpaired) electrons. The predicted octanol–water partition coefficient (Wildman–Crippen LogP) is 0.988. The van der Waals surface area contributed by atoms with Gasteiger partial charge in [-0.05, 0) is 0 Å². The first kappa shape index (κ1) is 5.95. The maximum Gasteiger partial charge on any atom is 0.156 e. The average Bonchev–Trinajstić information content (AvgIpc) is 1.85. The van der Waals surface area contributed by atoms with Crippen LogP contribution in [-0.4, -0.2) is 28.9 Å². The Hall–Kier alpha value is -0.180. The van der Waals surface area contributed by atoms with Crippen LogP contribution in [0.3, 0.4) is 0 Å². The number of nitrogens with one attached hydrogen (secondary N) is 1. The van der Waals surface area contributed by atoms with Crippen molar-refractivity contribution in [2.45, 2.75) is 12.2 Å². The summed E-state index contributed by atoms with van der Waals surface area (Å²) in [6.07, 6.45) is 0. The zero-order valence-corrected chi connectivity index (χ0v) is 5.96.